The van der Waals surface area contributed by atoms with Crippen molar-refractivity contribution in [2.75, 3.05) is 7.05 Å². The summed E-state index contributed by atoms with van der Waals surface area (Å²) in [4.78, 5) is 2.04. The van der Waals surface area contributed by atoms with E-state index in [0.717, 1.165) is 6.54 Å². The van der Waals surface area contributed by atoms with E-state index in [1.54, 1.807) is 0 Å². The summed E-state index contributed by atoms with van der Waals surface area (Å²) in [6.07, 6.45) is 0. The average Bonchev–Trinajstić information content (AvgIpc) is 2.36. The molecule has 1 aromatic carbocycles. The molecule has 0 fully saturated rings. The number of nitrogens with zero attached hydrogens (tertiary/aromatic N) is 2. The number of rotatable bonds is 4. The van der Waals surface area contributed by atoms with Gasteiger partial charge in [-0.15, -0.1) is 0 Å². The minimum absolute atomic E-state index is 0.0905. The molecule has 4 heteroatoms. The Bertz CT molecular complexity index is 432. The maximum Gasteiger partial charge on any atom is 0.156 e. The van der Waals surface area contributed by atoms with Crippen molar-refractivity contribution >= 4 is 5.84 Å². The van der Waals surface area contributed by atoms with Crippen molar-refractivity contribution in [2.45, 2.75) is 45.7 Å². The fourth-order valence-electron chi connectivity index (χ4n) is 1.84. The number of benzene rings is 1. The van der Waals surface area contributed by atoms with Gasteiger partial charge in [-0.25, -0.2) is 0 Å². The standard InChI is InChI=1S/C15H25N3O/c1-11(14(16)17-19)18(5)10-12-6-8-13(9-7-12)15(2,3)4/h6-9,11,19H,10H2,1-5H3,(H2,16,17). The molecule has 0 saturated heterocycles. The molecule has 106 valence electrons. The van der Waals surface area contributed by atoms with Gasteiger partial charge < -0.3 is 10.9 Å². The molecular formula is C15H25N3O. The Hall–Kier alpha value is -1.55. The normalized spacial score (nSPS) is 14.7. The Morgan fingerprint density at radius 3 is 2.26 bits per heavy atom. The molecule has 3 N–H and O–H groups in total. The molecule has 19 heavy (non-hydrogen) atoms. The van der Waals surface area contributed by atoms with Gasteiger partial charge in [0.15, 0.2) is 5.84 Å². The lowest BCUT2D eigenvalue weighted by molar-refractivity contribution is 0.279. The molecule has 4 nitrogen and oxygen atoms in total. The Labute approximate surface area is 115 Å². The maximum atomic E-state index is 8.68. The minimum atomic E-state index is -0.0905. The van der Waals surface area contributed by atoms with E-state index in [4.69, 9.17) is 10.9 Å². The van der Waals surface area contributed by atoms with Crippen molar-refractivity contribution in [3.05, 3.63) is 35.4 Å². The third kappa shape index (κ3) is 4.24. The van der Waals surface area contributed by atoms with Gasteiger partial charge >= 0.3 is 0 Å². The van der Waals surface area contributed by atoms with Crippen molar-refractivity contribution in [2.24, 2.45) is 10.9 Å². The van der Waals surface area contributed by atoms with Crippen molar-refractivity contribution < 1.29 is 5.21 Å². The van der Waals surface area contributed by atoms with E-state index in [2.05, 4.69) is 50.2 Å². The van der Waals surface area contributed by atoms with Crippen LogP contribution in [0.5, 0.6) is 0 Å². The first-order chi connectivity index (χ1) is 8.75. The SMILES string of the molecule is CC(C(N)=NO)N(C)Cc1ccc(C(C)(C)C)cc1. The van der Waals surface area contributed by atoms with Crippen LogP contribution in [0.15, 0.2) is 29.4 Å². The zero-order chi connectivity index (χ0) is 14.6. The summed E-state index contributed by atoms with van der Waals surface area (Å²) in [5.41, 5.74) is 8.32. The van der Waals surface area contributed by atoms with E-state index in [0.29, 0.717) is 0 Å². The third-order valence-electron chi connectivity index (χ3n) is 3.46. The van der Waals surface area contributed by atoms with Crippen LogP contribution < -0.4 is 5.73 Å². The van der Waals surface area contributed by atoms with Gasteiger partial charge in [0.05, 0.1) is 6.04 Å². The second-order valence-corrected chi connectivity index (χ2v) is 6.06. The Morgan fingerprint density at radius 2 is 1.84 bits per heavy atom. The van der Waals surface area contributed by atoms with Crippen molar-refractivity contribution in [3.63, 3.8) is 0 Å². The number of nitrogens with two attached hydrogens (primary N) is 1. The summed E-state index contributed by atoms with van der Waals surface area (Å²) >= 11 is 0. The molecule has 1 aromatic rings. The van der Waals surface area contributed by atoms with E-state index in [1.807, 2.05) is 18.9 Å². The quantitative estimate of drug-likeness (QED) is 0.380. The van der Waals surface area contributed by atoms with Crippen LogP contribution in [-0.2, 0) is 12.0 Å². The predicted molar refractivity (Wildman–Crippen MR) is 79.5 cm³/mol. The smallest absolute Gasteiger partial charge is 0.156 e. The molecule has 0 saturated carbocycles. The van der Waals surface area contributed by atoms with Crippen LogP contribution in [0.2, 0.25) is 0 Å². The van der Waals surface area contributed by atoms with Crippen molar-refractivity contribution in [1.82, 2.24) is 4.90 Å². The fraction of sp³-hybridized carbons (Fsp3) is 0.533. The van der Waals surface area contributed by atoms with Crippen LogP contribution in [0.3, 0.4) is 0 Å². The molecule has 0 spiro atoms. The minimum Gasteiger partial charge on any atom is -0.409 e. The highest BCUT2D eigenvalue weighted by Gasteiger charge is 2.15. The molecule has 0 radical (unpaired) electrons. The predicted octanol–water partition coefficient (Wildman–Crippen LogP) is 2.55. The lowest BCUT2D eigenvalue weighted by Gasteiger charge is -2.24. The summed E-state index contributed by atoms with van der Waals surface area (Å²) in [6.45, 7) is 9.29. The molecule has 0 aliphatic rings. The van der Waals surface area contributed by atoms with Gasteiger partial charge in [0.2, 0.25) is 0 Å². The van der Waals surface area contributed by atoms with Gasteiger partial charge in [0.25, 0.3) is 0 Å². The summed E-state index contributed by atoms with van der Waals surface area (Å²) in [5, 5.41) is 11.7. The lowest BCUT2D eigenvalue weighted by atomic mass is 9.87. The maximum absolute atomic E-state index is 8.68. The fourth-order valence-corrected chi connectivity index (χ4v) is 1.84. The van der Waals surface area contributed by atoms with E-state index < -0.39 is 0 Å². The van der Waals surface area contributed by atoms with E-state index in [1.165, 1.54) is 11.1 Å². The number of oxime groups is 1. The largest absolute Gasteiger partial charge is 0.409 e. The summed E-state index contributed by atoms with van der Waals surface area (Å²) in [5.74, 6) is 0.230. The monoisotopic (exact) mass is 263 g/mol. The molecule has 0 amide bonds. The first-order valence-corrected chi connectivity index (χ1v) is 6.52. The molecule has 0 bridgehead atoms. The van der Waals surface area contributed by atoms with Crippen LogP contribution in [0, 0.1) is 0 Å². The highest BCUT2D eigenvalue weighted by atomic mass is 16.4. The average molecular weight is 263 g/mol. The van der Waals surface area contributed by atoms with E-state index in [9.17, 15) is 0 Å². The second-order valence-electron chi connectivity index (χ2n) is 6.06. The van der Waals surface area contributed by atoms with Crippen molar-refractivity contribution in [3.8, 4) is 0 Å². The van der Waals surface area contributed by atoms with Crippen LogP contribution in [0.4, 0.5) is 0 Å². The van der Waals surface area contributed by atoms with Crippen LogP contribution >= 0.6 is 0 Å². The first-order valence-electron chi connectivity index (χ1n) is 6.52. The topological polar surface area (TPSA) is 61.9 Å². The molecule has 0 aliphatic heterocycles. The second kappa shape index (κ2) is 6.06. The zero-order valence-electron chi connectivity index (χ0n) is 12.5. The number of likely N-dealkylation sites (N-methyl/N-ethyl adjacent to an activating group) is 1. The number of amidine groups is 1. The highest BCUT2D eigenvalue weighted by Crippen LogP contribution is 2.22. The van der Waals surface area contributed by atoms with Gasteiger partial charge in [-0.05, 0) is 30.5 Å². The zero-order valence-corrected chi connectivity index (χ0v) is 12.5. The van der Waals surface area contributed by atoms with Crippen LogP contribution in [0.25, 0.3) is 0 Å². The molecular weight excluding hydrogens is 238 g/mol. The third-order valence-corrected chi connectivity index (χ3v) is 3.46. The van der Waals surface area contributed by atoms with Gasteiger partial charge in [-0.2, -0.15) is 0 Å². The molecule has 1 atom stereocenters. The molecule has 0 aromatic heterocycles. The number of hydrogen-bond acceptors (Lipinski definition) is 3. The summed E-state index contributed by atoms with van der Waals surface area (Å²) in [7, 11) is 1.96. The number of hydrogen-bond donors (Lipinski definition) is 2. The Kier molecular flexibility index (Phi) is 4.95. The van der Waals surface area contributed by atoms with Crippen LogP contribution in [-0.4, -0.2) is 29.0 Å². The van der Waals surface area contributed by atoms with E-state index >= 15 is 0 Å². The summed E-state index contributed by atoms with van der Waals surface area (Å²) in [6, 6.07) is 8.51. The van der Waals surface area contributed by atoms with Gasteiger partial charge in [-0.3, -0.25) is 4.90 Å². The Balaban J connectivity index is 2.73. The lowest BCUT2D eigenvalue weighted by Crippen LogP contribution is -2.40. The molecule has 0 aliphatic carbocycles. The summed E-state index contributed by atoms with van der Waals surface area (Å²) < 4.78 is 0. The molecule has 1 unspecified atom stereocenters. The van der Waals surface area contributed by atoms with Gasteiger partial charge in [0, 0.05) is 6.54 Å². The molecule has 0 heterocycles. The van der Waals surface area contributed by atoms with Crippen molar-refractivity contribution in [1.29, 1.82) is 0 Å². The highest BCUT2D eigenvalue weighted by molar-refractivity contribution is 5.84. The Morgan fingerprint density at radius 1 is 1.32 bits per heavy atom. The molecule has 1 rings (SSSR count). The van der Waals surface area contributed by atoms with Gasteiger partial charge in [-0.1, -0.05) is 50.2 Å². The van der Waals surface area contributed by atoms with Crippen LogP contribution in [0.1, 0.15) is 38.8 Å². The van der Waals surface area contributed by atoms with Gasteiger partial charge in [0.1, 0.15) is 0 Å². The first kappa shape index (κ1) is 15.5. The van der Waals surface area contributed by atoms with E-state index in [-0.39, 0.29) is 17.3 Å².